The number of aromatic amines is 1. The number of aromatic nitrogens is 2. The van der Waals surface area contributed by atoms with Gasteiger partial charge < -0.3 is 24.2 Å². The maximum atomic E-state index is 14.2. The zero-order valence-corrected chi connectivity index (χ0v) is 22.5. The quantitative estimate of drug-likeness (QED) is 0.200. The van der Waals surface area contributed by atoms with E-state index in [0.29, 0.717) is 5.39 Å². The molecule has 204 valence electrons. The van der Waals surface area contributed by atoms with Crippen molar-refractivity contribution in [3.63, 3.8) is 0 Å². The molecule has 3 aromatic rings. The molecular formula is C25H29N2O9PS. The Hall–Kier alpha value is -2.86. The van der Waals surface area contributed by atoms with E-state index in [1.165, 1.54) is 26.1 Å². The van der Waals surface area contributed by atoms with Gasteiger partial charge in [0.05, 0.1) is 28.5 Å². The van der Waals surface area contributed by atoms with Crippen molar-refractivity contribution in [1.29, 1.82) is 0 Å². The minimum Gasteiger partial charge on any atom is -0.469 e. The zero-order chi connectivity index (χ0) is 29.5. The lowest BCUT2D eigenvalue weighted by Gasteiger charge is -2.28. The van der Waals surface area contributed by atoms with Crippen LogP contribution in [0, 0.1) is 10.7 Å². The third-order valence-corrected chi connectivity index (χ3v) is 8.33. The van der Waals surface area contributed by atoms with Gasteiger partial charge in [0.15, 0.2) is 11.0 Å². The van der Waals surface area contributed by atoms with Crippen LogP contribution in [0.1, 0.15) is 22.8 Å². The van der Waals surface area contributed by atoms with Crippen LogP contribution in [-0.4, -0.2) is 63.4 Å². The fraction of sp³-hybridized carbons (Fsp3) is 0.400. The molecule has 1 fully saturated rings. The Morgan fingerprint density at radius 3 is 2.74 bits per heavy atom. The first-order valence-corrected chi connectivity index (χ1v) is 13.7. The first-order valence-electron chi connectivity index (χ1n) is 12.6. The average Bonchev–Trinajstić information content (AvgIpc) is 3.12. The molecule has 1 unspecified atom stereocenters. The van der Waals surface area contributed by atoms with E-state index in [9.17, 15) is 24.4 Å². The molecule has 3 N–H and O–H groups in total. The number of H-pyrrole nitrogens is 1. The number of hydrogen-bond donors (Lipinski definition) is 3. The van der Waals surface area contributed by atoms with Crippen molar-refractivity contribution in [3.05, 3.63) is 69.9 Å². The number of aliphatic hydroxyl groups is 2. The zero-order valence-electron chi connectivity index (χ0n) is 22.8. The van der Waals surface area contributed by atoms with Gasteiger partial charge in [0.25, 0.3) is 5.56 Å². The lowest BCUT2D eigenvalue weighted by Crippen LogP contribution is -2.44. The second-order valence-electron chi connectivity index (χ2n) is 9.09. The van der Waals surface area contributed by atoms with Crippen molar-refractivity contribution in [1.82, 2.24) is 9.55 Å². The Kier molecular flexibility index (Phi) is 7.42. The average molecular weight is 567 g/mol. The number of fused-ring (bicyclic) bond motifs is 1. The second kappa shape index (κ2) is 11.1. The van der Waals surface area contributed by atoms with Crippen LogP contribution >= 0.6 is 19.8 Å². The summed E-state index contributed by atoms with van der Waals surface area (Å²) in [4.78, 5) is 26.1. The van der Waals surface area contributed by atoms with Crippen LogP contribution in [-0.2, 0) is 23.4 Å². The number of carbonyl (C=O) groups is 1. The van der Waals surface area contributed by atoms with E-state index < -0.39 is 61.8 Å². The minimum absolute atomic E-state index is 0.117. The number of hydrogen-bond acceptors (Lipinski definition) is 10. The molecular weight excluding hydrogens is 535 g/mol. The van der Waals surface area contributed by atoms with Gasteiger partial charge in [-0.3, -0.25) is 23.7 Å². The summed E-state index contributed by atoms with van der Waals surface area (Å²) >= 11 is 5.13. The van der Waals surface area contributed by atoms with Crippen molar-refractivity contribution in [2.24, 2.45) is 5.92 Å². The Bertz CT molecular complexity index is 1570. The van der Waals surface area contributed by atoms with Gasteiger partial charge in [0.2, 0.25) is 0 Å². The van der Waals surface area contributed by atoms with Crippen molar-refractivity contribution in [2.75, 3.05) is 19.8 Å². The normalized spacial score (nSPS) is 26.7. The highest BCUT2D eigenvalue weighted by Crippen LogP contribution is 2.52. The van der Waals surface area contributed by atoms with Gasteiger partial charge >= 0.3 is 13.6 Å². The molecule has 1 aromatic heterocycles. The van der Waals surface area contributed by atoms with Crippen molar-refractivity contribution < 1.29 is 40.8 Å². The van der Waals surface area contributed by atoms with Gasteiger partial charge in [0.1, 0.15) is 23.6 Å². The molecule has 1 aliphatic rings. The van der Waals surface area contributed by atoms with Crippen molar-refractivity contribution in [3.8, 4) is 5.75 Å². The fourth-order valence-corrected chi connectivity index (χ4v) is 6.10. The molecule has 2 heterocycles. The molecule has 0 saturated carbocycles. The third kappa shape index (κ3) is 5.75. The highest BCUT2D eigenvalue weighted by atomic mass is 32.1. The molecule has 0 aliphatic carbocycles. The van der Waals surface area contributed by atoms with Crippen LogP contribution in [0.15, 0.2) is 59.5 Å². The number of nitrogens with zero attached hydrogens (tertiary/aromatic N) is 1. The Balaban J connectivity index is 1.70. The summed E-state index contributed by atoms with van der Waals surface area (Å²) < 4.78 is 54.2. The molecule has 0 bridgehead atoms. The van der Waals surface area contributed by atoms with Gasteiger partial charge in [-0.25, -0.2) is 4.57 Å². The molecule has 4 rings (SSSR count). The van der Waals surface area contributed by atoms with Crippen LogP contribution in [0.3, 0.4) is 0 Å². The number of nitrogens with one attached hydrogen (secondary N) is 1. The van der Waals surface area contributed by atoms with E-state index in [1.807, 2.05) is 0 Å². The van der Waals surface area contributed by atoms with Gasteiger partial charge in [-0.1, -0.05) is 43.3 Å². The van der Waals surface area contributed by atoms with Crippen LogP contribution in [0.4, 0.5) is 0 Å². The summed E-state index contributed by atoms with van der Waals surface area (Å²) in [5, 5.41) is 23.3. The summed E-state index contributed by atoms with van der Waals surface area (Å²) in [6, 6.07) is 13.2. The van der Waals surface area contributed by atoms with Crippen molar-refractivity contribution >= 4 is 36.6 Å². The Morgan fingerprint density at radius 2 is 2.03 bits per heavy atom. The molecule has 1 saturated heterocycles. The summed E-state index contributed by atoms with van der Waals surface area (Å²) in [7, 11) is -3.39. The number of methoxy groups -OCH3 is 1. The highest BCUT2D eigenvalue weighted by Gasteiger charge is 2.53. The van der Waals surface area contributed by atoms with E-state index >= 15 is 0 Å². The lowest BCUT2D eigenvalue weighted by atomic mass is 9.96. The molecule has 0 radical (unpaired) electrons. The third-order valence-electron chi connectivity index (χ3n) is 6.16. The number of carbonyl (C=O) groups excluding carboxylic acids is 1. The van der Waals surface area contributed by atoms with Gasteiger partial charge in [0, 0.05) is 17.6 Å². The topological polar surface area (TPSA) is 149 Å². The van der Waals surface area contributed by atoms with Crippen molar-refractivity contribution in [2.45, 2.75) is 37.9 Å². The van der Waals surface area contributed by atoms with Gasteiger partial charge in [-0.2, -0.15) is 0 Å². The van der Waals surface area contributed by atoms with Crippen LogP contribution in [0.2, 0.25) is 0 Å². The van der Waals surface area contributed by atoms with E-state index in [0.717, 1.165) is 23.1 Å². The van der Waals surface area contributed by atoms with E-state index in [4.69, 9.17) is 33.5 Å². The molecule has 38 heavy (non-hydrogen) atoms. The number of ether oxygens (including phenoxy) is 2. The summed E-state index contributed by atoms with van der Waals surface area (Å²) in [6.45, 7) is -0.418. The minimum atomic E-state index is -4.54. The molecule has 2 aromatic carbocycles. The van der Waals surface area contributed by atoms with E-state index in [2.05, 4.69) is 4.98 Å². The first-order chi connectivity index (χ1) is 18.7. The predicted octanol–water partition coefficient (Wildman–Crippen LogP) is 3.17. The molecule has 1 aliphatic heterocycles. The summed E-state index contributed by atoms with van der Waals surface area (Å²) in [5.41, 5.74) is -2.64. The standard InChI is InChI=1S/C25H29N2O9PS/c1-15(22(30)33-3)14-37(32,36-18-10-6-8-16-7-4-5-9-17(16)18)34-13-19-21(29)25(2,31)23(35-19)27-12-11-20(28)26-24(27)38/h4-12,15,19,21,23,29,31H,13-14H2,1-3H3,(H,26,28,38)/t15-,19-,21+,23-,25?,37+/m1/s1/i13D2. The largest absolute Gasteiger partial charge is 0.469 e. The second-order valence-corrected chi connectivity index (χ2v) is 11.4. The molecule has 11 nitrogen and oxygen atoms in total. The van der Waals surface area contributed by atoms with Gasteiger partial charge in [-0.05, 0) is 30.6 Å². The van der Waals surface area contributed by atoms with Crippen LogP contribution in [0.5, 0.6) is 5.75 Å². The highest BCUT2D eigenvalue weighted by molar-refractivity contribution is 7.71. The van der Waals surface area contributed by atoms with Gasteiger partial charge in [-0.15, -0.1) is 0 Å². The Labute approximate surface area is 226 Å². The maximum Gasteiger partial charge on any atom is 0.380 e. The maximum absolute atomic E-state index is 14.2. The smallest absolute Gasteiger partial charge is 0.380 e. The number of rotatable bonds is 9. The SMILES string of the molecule is [2H]C([2H])(O[P@@](=O)(C[C@@H](C)C(=O)OC)Oc1cccc2ccccc12)[C@H]1O[C@@H](n2ccc(=O)[nH]c2=S)C(C)(O)[C@H]1O. The number of aliphatic hydroxyl groups excluding tert-OH is 1. The molecule has 0 spiro atoms. The number of esters is 1. The predicted molar refractivity (Wildman–Crippen MR) is 141 cm³/mol. The van der Waals surface area contributed by atoms with E-state index in [1.54, 1.807) is 36.4 Å². The number of benzene rings is 2. The monoisotopic (exact) mass is 566 g/mol. The summed E-state index contributed by atoms with van der Waals surface area (Å²) in [5.74, 6) is -1.63. The summed E-state index contributed by atoms with van der Waals surface area (Å²) in [6.07, 6.45) is -4.62. The lowest BCUT2D eigenvalue weighted by molar-refractivity contribution is -0.144. The molecule has 0 amide bonds. The van der Waals surface area contributed by atoms with E-state index in [-0.39, 0.29) is 10.5 Å². The molecule has 13 heteroatoms. The van der Waals surface area contributed by atoms with Crippen LogP contribution < -0.4 is 10.1 Å². The van der Waals surface area contributed by atoms with Crippen LogP contribution in [0.25, 0.3) is 10.8 Å². The molecule has 6 atom stereocenters. The fourth-order valence-electron chi connectivity index (χ4n) is 4.12. The Morgan fingerprint density at radius 1 is 1.32 bits per heavy atom. The first kappa shape index (κ1) is 25.4.